The van der Waals surface area contributed by atoms with Crippen molar-refractivity contribution in [3.63, 3.8) is 0 Å². The average Bonchev–Trinajstić information content (AvgIpc) is 0.722. The van der Waals surface area contributed by atoms with E-state index in [1.165, 1.54) is 0 Å². The van der Waals surface area contributed by atoms with E-state index in [1.54, 1.807) is 0 Å². The molecule has 0 aromatic rings. The quantitative estimate of drug-likeness (QED) is 0.282. The molecular formula is HLi2O4PV. The van der Waals surface area contributed by atoms with Gasteiger partial charge in [0.2, 0.25) is 0 Å². The maximum absolute atomic E-state index is 8.66. The van der Waals surface area contributed by atoms with Gasteiger partial charge in [-0.2, -0.15) is 0 Å². The molecule has 0 fully saturated rings. The van der Waals surface area contributed by atoms with Crippen molar-refractivity contribution in [2.75, 3.05) is 0 Å². The topological polar surface area (TPSA) is 83.4 Å². The van der Waals surface area contributed by atoms with Crippen molar-refractivity contribution < 1.29 is 75.5 Å². The Labute approximate surface area is 82.9 Å². The van der Waals surface area contributed by atoms with E-state index in [0.717, 1.165) is 0 Å². The minimum absolute atomic E-state index is 0. The van der Waals surface area contributed by atoms with Gasteiger partial charge in [-0.3, -0.25) is 0 Å². The van der Waals surface area contributed by atoms with Crippen LogP contribution in [0.4, 0.5) is 0 Å². The van der Waals surface area contributed by atoms with E-state index in [9.17, 15) is 0 Å². The zero-order valence-electron chi connectivity index (χ0n) is 4.57. The van der Waals surface area contributed by atoms with Crippen molar-refractivity contribution in [2.45, 2.75) is 0 Å². The molecule has 0 spiro atoms. The van der Waals surface area contributed by atoms with Crippen molar-refractivity contribution in [2.24, 2.45) is 0 Å². The van der Waals surface area contributed by atoms with Gasteiger partial charge < -0.3 is 19.2 Å². The van der Waals surface area contributed by atoms with Gasteiger partial charge in [-0.1, -0.05) is 0 Å². The van der Waals surface area contributed by atoms with Gasteiger partial charge in [0.05, 0.1) is 7.82 Å². The third kappa shape index (κ3) is 105. The van der Waals surface area contributed by atoms with E-state index in [0.29, 0.717) is 0 Å². The summed E-state index contributed by atoms with van der Waals surface area (Å²) in [5.74, 6) is 0. The van der Waals surface area contributed by atoms with E-state index in [2.05, 4.69) is 0 Å². The van der Waals surface area contributed by atoms with Crippen LogP contribution in [-0.4, -0.2) is 4.89 Å². The molecule has 0 atom stereocenters. The first kappa shape index (κ1) is 22.5. The summed E-state index contributed by atoms with van der Waals surface area (Å²) in [7, 11) is -5.14. The first-order valence-electron chi connectivity index (χ1n) is 0.748. The summed E-state index contributed by atoms with van der Waals surface area (Å²) < 4.78 is 8.66. The van der Waals surface area contributed by atoms with E-state index < -0.39 is 7.82 Å². The molecule has 0 rings (SSSR count). The molecule has 0 aliphatic heterocycles. The standard InChI is InChI=1S/2Li.H3O4P.V/c;;1-5(2,3)4;/h;;(H3,1,2,3,4);/q2*+1;;/p-2. The van der Waals surface area contributed by atoms with Crippen molar-refractivity contribution in [3.05, 3.63) is 0 Å². The summed E-state index contributed by atoms with van der Waals surface area (Å²) in [6.45, 7) is 0. The molecule has 0 amide bonds. The van der Waals surface area contributed by atoms with Crippen molar-refractivity contribution in [1.29, 1.82) is 0 Å². The summed E-state index contributed by atoms with van der Waals surface area (Å²) in [6.07, 6.45) is 0. The molecular weight excluding hydrogens is 160 g/mol. The number of rotatable bonds is 0. The third-order valence-corrected chi connectivity index (χ3v) is 0. The van der Waals surface area contributed by atoms with Gasteiger partial charge in [0.25, 0.3) is 0 Å². The second-order valence-corrected chi connectivity index (χ2v) is 1.41. The first-order chi connectivity index (χ1) is 2.00. The molecule has 1 N–H and O–H groups in total. The van der Waals surface area contributed by atoms with Crippen LogP contribution in [0.25, 0.3) is 0 Å². The molecule has 0 bridgehead atoms. The zero-order valence-corrected chi connectivity index (χ0v) is 6.86. The van der Waals surface area contributed by atoms with Gasteiger partial charge >= 0.3 is 37.7 Å². The second kappa shape index (κ2) is 8.89. The minimum atomic E-state index is -5.14. The fourth-order valence-electron chi connectivity index (χ4n) is 0. The number of phosphoric acid groups is 1. The summed E-state index contributed by atoms with van der Waals surface area (Å²) in [4.78, 5) is 24.3. The third-order valence-electron chi connectivity index (χ3n) is 0. The second-order valence-electron chi connectivity index (χ2n) is 0.469. The molecule has 0 aromatic carbocycles. The van der Waals surface area contributed by atoms with Gasteiger partial charge in [0.15, 0.2) is 0 Å². The van der Waals surface area contributed by atoms with Crippen molar-refractivity contribution in [1.82, 2.24) is 0 Å². The van der Waals surface area contributed by atoms with Gasteiger partial charge in [0, 0.05) is 18.6 Å². The van der Waals surface area contributed by atoms with Crippen LogP contribution >= 0.6 is 7.82 Å². The maximum Gasteiger partial charge on any atom is 1.00 e. The average molecular weight is 161 g/mol. The van der Waals surface area contributed by atoms with Gasteiger partial charge in [-0.15, -0.1) is 0 Å². The minimum Gasteiger partial charge on any atom is -0.790 e. The number of hydrogen-bond donors (Lipinski definition) is 1. The van der Waals surface area contributed by atoms with Crippen LogP contribution in [-0.2, 0) is 23.1 Å². The van der Waals surface area contributed by atoms with Crippen LogP contribution < -0.4 is 47.5 Å². The summed E-state index contributed by atoms with van der Waals surface area (Å²) in [5.41, 5.74) is 0. The molecule has 0 saturated heterocycles. The fourth-order valence-corrected chi connectivity index (χ4v) is 0. The van der Waals surface area contributed by atoms with Crippen LogP contribution in [0.2, 0.25) is 0 Å². The predicted octanol–water partition coefficient (Wildman–Crippen LogP) is -8.19. The molecule has 0 unspecified atom stereocenters. The van der Waals surface area contributed by atoms with E-state index in [1.807, 2.05) is 0 Å². The Kier molecular flexibility index (Phi) is 25.0. The first-order valence-corrected chi connectivity index (χ1v) is 2.24. The Morgan fingerprint density at radius 3 is 1.25 bits per heavy atom. The van der Waals surface area contributed by atoms with Crippen LogP contribution in [0.1, 0.15) is 0 Å². The normalized spacial score (nSPS) is 7.38. The van der Waals surface area contributed by atoms with Gasteiger partial charge in [0.1, 0.15) is 0 Å². The molecule has 0 aliphatic rings. The molecule has 0 aliphatic carbocycles. The summed E-state index contributed by atoms with van der Waals surface area (Å²) >= 11 is 0. The molecule has 0 saturated carbocycles. The van der Waals surface area contributed by atoms with Crippen LogP contribution in [0.5, 0.6) is 0 Å². The van der Waals surface area contributed by atoms with Crippen molar-refractivity contribution >= 4 is 7.82 Å². The molecule has 37 valence electrons. The Morgan fingerprint density at radius 1 is 1.25 bits per heavy atom. The molecule has 1 radical (unpaired) electrons. The van der Waals surface area contributed by atoms with Crippen LogP contribution in [0, 0.1) is 0 Å². The Morgan fingerprint density at radius 2 is 1.25 bits per heavy atom. The molecule has 4 nitrogen and oxygen atoms in total. The Hall–Kier alpha value is 1.89. The monoisotopic (exact) mass is 161 g/mol. The zero-order chi connectivity index (χ0) is 4.50. The van der Waals surface area contributed by atoms with E-state index in [-0.39, 0.29) is 56.3 Å². The molecule has 0 aromatic heterocycles. The molecule has 8 heavy (non-hydrogen) atoms. The predicted molar refractivity (Wildman–Crippen MR) is 9.83 cm³/mol. The van der Waals surface area contributed by atoms with E-state index >= 15 is 0 Å². The Balaban J connectivity index is -0.0000000267. The maximum atomic E-state index is 8.66. The Bertz CT molecular complexity index is 60.2. The smallest absolute Gasteiger partial charge is 0.790 e. The SMILES string of the molecule is O=P([O-])([O-])O.[Li+].[Li+].[V]. The van der Waals surface area contributed by atoms with Crippen molar-refractivity contribution in [3.8, 4) is 0 Å². The van der Waals surface area contributed by atoms with Crippen LogP contribution in [0.15, 0.2) is 0 Å². The fraction of sp³-hybridized carbons (Fsp3) is 0. The van der Waals surface area contributed by atoms with Gasteiger partial charge in [-0.05, 0) is 0 Å². The molecule has 0 heterocycles. The van der Waals surface area contributed by atoms with Crippen LogP contribution in [0.3, 0.4) is 0 Å². The number of hydrogen-bond acceptors (Lipinski definition) is 3. The van der Waals surface area contributed by atoms with E-state index in [4.69, 9.17) is 19.2 Å². The largest absolute Gasteiger partial charge is 1.00 e. The van der Waals surface area contributed by atoms with Gasteiger partial charge in [-0.25, -0.2) is 0 Å². The summed E-state index contributed by atoms with van der Waals surface area (Å²) in [5, 5.41) is 0. The molecule has 8 heteroatoms. The summed E-state index contributed by atoms with van der Waals surface area (Å²) in [6, 6.07) is 0.